The number of carbonyl (C=O) groups is 1. The molecule has 0 aromatic rings. The number of likely N-dealkylation sites (tertiary alicyclic amines) is 1. The molecule has 0 unspecified atom stereocenters. The van der Waals surface area contributed by atoms with E-state index in [-0.39, 0.29) is 6.04 Å². The van der Waals surface area contributed by atoms with Gasteiger partial charge in [-0.05, 0) is 0 Å². The van der Waals surface area contributed by atoms with Crippen molar-refractivity contribution in [1.29, 1.82) is 0 Å². The molecule has 0 radical (unpaired) electrons. The summed E-state index contributed by atoms with van der Waals surface area (Å²) in [5.74, 6) is 0. The Labute approximate surface area is 72.9 Å². The average Bonchev–Trinajstić information content (AvgIpc) is 1.93. The number of urea groups is 1. The van der Waals surface area contributed by atoms with Gasteiger partial charge in [0, 0.05) is 19.1 Å². The third kappa shape index (κ3) is 3.10. The first-order valence-corrected chi connectivity index (χ1v) is 3.73. The number of amides is 2. The second kappa shape index (κ2) is 3.41. The molecular formula is C6H10F3N3O. The van der Waals surface area contributed by atoms with Gasteiger partial charge in [0.05, 0.1) is 0 Å². The molecule has 0 aromatic carbocycles. The molecule has 0 bridgehead atoms. The van der Waals surface area contributed by atoms with E-state index in [1.165, 1.54) is 4.90 Å². The Morgan fingerprint density at radius 1 is 1.54 bits per heavy atom. The first-order chi connectivity index (χ1) is 5.88. The van der Waals surface area contributed by atoms with E-state index in [4.69, 9.17) is 5.73 Å². The third-order valence-corrected chi connectivity index (χ3v) is 1.64. The van der Waals surface area contributed by atoms with Gasteiger partial charge in [0.1, 0.15) is 6.54 Å². The largest absolute Gasteiger partial charge is 0.405 e. The van der Waals surface area contributed by atoms with Crippen LogP contribution in [0.1, 0.15) is 0 Å². The molecule has 13 heavy (non-hydrogen) atoms. The smallest absolute Gasteiger partial charge is 0.329 e. The van der Waals surface area contributed by atoms with E-state index < -0.39 is 18.8 Å². The maximum atomic E-state index is 11.6. The van der Waals surface area contributed by atoms with E-state index in [0.29, 0.717) is 13.1 Å². The first-order valence-electron chi connectivity index (χ1n) is 3.73. The summed E-state index contributed by atoms with van der Waals surface area (Å²) in [5.41, 5.74) is 5.34. The van der Waals surface area contributed by atoms with Gasteiger partial charge >= 0.3 is 12.2 Å². The fraction of sp³-hybridized carbons (Fsp3) is 0.833. The molecule has 1 saturated heterocycles. The van der Waals surface area contributed by atoms with Crippen molar-refractivity contribution in [2.45, 2.75) is 12.2 Å². The van der Waals surface area contributed by atoms with Crippen LogP contribution in [0.25, 0.3) is 0 Å². The van der Waals surface area contributed by atoms with Crippen LogP contribution in [-0.4, -0.2) is 42.8 Å². The lowest BCUT2D eigenvalue weighted by molar-refractivity contribution is -0.123. The van der Waals surface area contributed by atoms with Crippen molar-refractivity contribution in [2.24, 2.45) is 5.73 Å². The fourth-order valence-corrected chi connectivity index (χ4v) is 0.966. The summed E-state index contributed by atoms with van der Waals surface area (Å²) in [6, 6.07) is -0.810. The van der Waals surface area contributed by atoms with Gasteiger partial charge in [-0.1, -0.05) is 0 Å². The molecule has 0 spiro atoms. The van der Waals surface area contributed by atoms with Crippen molar-refractivity contribution in [1.82, 2.24) is 10.2 Å². The lowest BCUT2D eigenvalue weighted by Crippen LogP contribution is -2.60. The van der Waals surface area contributed by atoms with Crippen molar-refractivity contribution in [3.8, 4) is 0 Å². The molecule has 0 aromatic heterocycles. The molecule has 0 saturated carbocycles. The van der Waals surface area contributed by atoms with E-state index in [0.717, 1.165) is 0 Å². The highest BCUT2D eigenvalue weighted by atomic mass is 19.4. The zero-order valence-electron chi connectivity index (χ0n) is 6.77. The summed E-state index contributed by atoms with van der Waals surface area (Å²) in [6.07, 6.45) is -4.36. The topological polar surface area (TPSA) is 58.4 Å². The minimum atomic E-state index is -4.36. The van der Waals surface area contributed by atoms with Gasteiger partial charge in [0.25, 0.3) is 0 Å². The van der Waals surface area contributed by atoms with Crippen LogP contribution in [0.15, 0.2) is 0 Å². The summed E-state index contributed by atoms with van der Waals surface area (Å²) >= 11 is 0. The number of nitrogens with one attached hydrogen (secondary N) is 1. The Hall–Kier alpha value is -0.980. The number of halogens is 3. The maximum absolute atomic E-state index is 11.6. The van der Waals surface area contributed by atoms with E-state index >= 15 is 0 Å². The van der Waals surface area contributed by atoms with Crippen LogP contribution in [-0.2, 0) is 0 Å². The van der Waals surface area contributed by atoms with Crippen molar-refractivity contribution in [2.75, 3.05) is 19.6 Å². The number of carbonyl (C=O) groups excluding carboxylic acids is 1. The molecule has 4 nitrogen and oxygen atoms in total. The van der Waals surface area contributed by atoms with Gasteiger partial charge in [-0.25, -0.2) is 4.79 Å². The van der Waals surface area contributed by atoms with Crippen molar-refractivity contribution in [3.63, 3.8) is 0 Å². The molecule has 76 valence electrons. The predicted octanol–water partition coefficient (Wildman–Crippen LogP) is -0.0988. The first kappa shape index (κ1) is 10.1. The molecule has 0 atom stereocenters. The monoisotopic (exact) mass is 197 g/mol. The van der Waals surface area contributed by atoms with Crippen LogP contribution >= 0.6 is 0 Å². The second-order valence-electron chi connectivity index (χ2n) is 2.94. The van der Waals surface area contributed by atoms with Gasteiger partial charge in [-0.15, -0.1) is 0 Å². The van der Waals surface area contributed by atoms with E-state index in [2.05, 4.69) is 0 Å². The highest BCUT2D eigenvalue weighted by Crippen LogP contribution is 2.13. The van der Waals surface area contributed by atoms with Crippen LogP contribution < -0.4 is 11.1 Å². The number of hydrogen-bond acceptors (Lipinski definition) is 2. The van der Waals surface area contributed by atoms with Crippen molar-refractivity contribution < 1.29 is 18.0 Å². The maximum Gasteiger partial charge on any atom is 0.405 e. The standard InChI is InChI=1S/C6H10F3N3O/c7-6(8,9)3-11-5(13)12-1-4(10)2-12/h4H,1-3,10H2,(H,11,13). The Kier molecular flexibility index (Phi) is 2.65. The summed E-state index contributed by atoms with van der Waals surface area (Å²) in [4.78, 5) is 12.1. The van der Waals surface area contributed by atoms with Gasteiger partial charge < -0.3 is 16.0 Å². The Bertz CT molecular complexity index is 200. The van der Waals surface area contributed by atoms with Crippen LogP contribution in [0.4, 0.5) is 18.0 Å². The third-order valence-electron chi connectivity index (χ3n) is 1.64. The van der Waals surface area contributed by atoms with Gasteiger partial charge in [-0.3, -0.25) is 0 Å². The Balaban J connectivity index is 2.19. The van der Waals surface area contributed by atoms with Gasteiger partial charge in [0.2, 0.25) is 0 Å². The number of alkyl halides is 3. The highest BCUT2D eigenvalue weighted by Gasteiger charge is 2.32. The zero-order chi connectivity index (χ0) is 10.1. The van der Waals surface area contributed by atoms with E-state index in [1.807, 2.05) is 0 Å². The minimum Gasteiger partial charge on any atom is -0.329 e. The highest BCUT2D eigenvalue weighted by molar-refractivity contribution is 5.75. The van der Waals surface area contributed by atoms with Crippen molar-refractivity contribution in [3.05, 3.63) is 0 Å². The van der Waals surface area contributed by atoms with Crippen LogP contribution in [0.5, 0.6) is 0 Å². The van der Waals surface area contributed by atoms with E-state index in [1.54, 1.807) is 5.32 Å². The lowest BCUT2D eigenvalue weighted by Gasteiger charge is -2.36. The number of nitrogens with two attached hydrogens (primary N) is 1. The molecule has 1 rings (SSSR count). The molecule has 1 heterocycles. The lowest BCUT2D eigenvalue weighted by atomic mass is 10.1. The number of hydrogen-bond donors (Lipinski definition) is 2. The zero-order valence-corrected chi connectivity index (χ0v) is 6.77. The summed E-state index contributed by atoms with van der Waals surface area (Å²) in [5, 5.41) is 1.75. The summed E-state index contributed by atoms with van der Waals surface area (Å²) in [6.45, 7) is -0.648. The molecule has 3 N–H and O–H groups in total. The fourth-order valence-electron chi connectivity index (χ4n) is 0.966. The number of nitrogens with zero attached hydrogens (tertiary/aromatic N) is 1. The van der Waals surface area contributed by atoms with Crippen LogP contribution in [0, 0.1) is 0 Å². The Morgan fingerprint density at radius 3 is 2.46 bits per heavy atom. The number of rotatable bonds is 1. The SMILES string of the molecule is NC1CN(C(=O)NCC(F)(F)F)C1. The van der Waals surface area contributed by atoms with Gasteiger partial charge in [0.15, 0.2) is 0 Å². The van der Waals surface area contributed by atoms with Gasteiger partial charge in [-0.2, -0.15) is 13.2 Å². The molecule has 1 fully saturated rings. The van der Waals surface area contributed by atoms with E-state index in [9.17, 15) is 18.0 Å². The summed E-state index contributed by atoms with van der Waals surface area (Å²) in [7, 11) is 0. The quantitative estimate of drug-likeness (QED) is 0.616. The molecule has 0 aliphatic carbocycles. The molecule has 7 heteroatoms. The predicted molar refractivity (Wildman–Crippen MR) is 39.0 cm³/mol. The molecule has 1 aliphatic heterocycles. The Morgan fingerprint density at radius 2 is 2.08 bits per heavy atom. The van der Waals surface area contributed by atoms with Crippen molar-refractivity contribution >= 4 is 6.03 Å². The summed E-state index contributed by atoms with van der Waals surface area (Å²) < 4.78 is 34.9. The molecule has 1 aliphatic rings. The average molecular weight is 197 g/mol. The second-order valence-corrected chi connectivity index (χ2v) is 2.94. The normalized spacial score (nSPS) is 18.3. The van der Waals surface area contributed by atoms with Crippen LogP contribution in [0.3, 0.4) is 0 Å². The minimum absolute atomic E-state index is 0.100. The molecular weight excluding hydrogens is 187 g/mol. The van der Waals surface area contributed by atoms with Crippen LogP contribution in [0.2, 0.25) is 0 Å². The molecule has 2 amide bonds.